The smallest absolute Gasteiger partial charge is 0.203 e. The maximum absolute atomic E-state index is 5.75. The van der Waals surface area contributed by atoms with Crippen LogP contribution < -0.4 is 4.90 Å². The van der Waals surface area contributed by atoms with Gasteiger partial charge < -0.3 is 9.47 Å². The van der Waals surface area contributed by atoms with Gasteiger partial charge in [-0.25, -0.2) is 0 Å². The number of hydrogen-bond acceptors (Lipinski definition) is 2. The molecule has 1 heterocycles. The summed E-state index contributed by atoms with van der Waals surface area (Å²) in [5.74, 6) is 1.07. The van der Waals surface area contributed by atoms with E-state index < -0.39 is 0 Å². The van der Waals surface area contributed by atoms with Gasteiger partial charge >= 0.3 is 0 Å². The van der Waals surface area contributed by atoms with Crippen LogP contribution in [-0.2, 0) is 13.2 Å². The first-order valence-electron chi connectivity index (χ1n) is 9.08. The Morgan fingerprint density at radius 1 is 1.17 bits per heavy atom. The highest BCUT2D eigenvalue weighted by Crippen LogP contribution is 2.29. The lowest BCUT2D eigenvalue weighted by molar-refractivity contribution is -0.917. The summed E-state index contributed by atoms with van der Waals surface area (Å²) in [5.41, 5.74) is 2.74. The number of aryl methyl sites for hydroxylation is 2. The molecule has 1 unspecified atom stereocenters. The Bertz CT molecular complexity index is 740. The van der Waals surface area contributed by atoms with Crippen LogP contribution in [0.2, 0.25) is 0 Å². The molecule has 2 aromatic rings. The van der Waals surface area contributed by atoms with Crippen LogP contribution in [-0.4, -0.2) is 21.4 Å². The molecule has 1 saturated carbocycles. The lowest BCUT2D eigenvalue weighted by atomic mass is 9.95. The third-order valence-corrected chi connectivity index (χ3v) is 5.56. The normalized spacial score (nSPS) is 17.1. The van der Waals surface area contributed by atoms with Gasteiger partial charge in [0.1, 0.15) is 12.4 Å². The van der Waals surface area contributed by atoms with Gasteiger partial charge in [-0.1, -0.05) is 43.5 Å². The van der Waals surface area contributed by atoms with Gasteiger partial charge in [-0.2, -0.15) is 9.78 Å². The maximum atomic E-state index is 5.75. The Morgan fingerprint density at radius 2 is 1.88 bits per heavy atom. The molecule has 3 rings (SSSR count). The molecule has 130 valence electrons. The van der Waals surface area contributed by atoms with Gasteiger partial charge in [0.2, 0.25) is 4.77 Å². The number of aromatic nitrogens is 3. The number of nitrogens with one attached hydrogen (secondary N) is 1. The first-order chi connectivity index (χ1) is 11.6. The van der Waals surface area contributed by atoms with Crippen molar-refractivity contribution in [3.63, 3.8) is 0 Å². The Kier molecular flexibility index (Phi) is 5.51. The van der Waals surface area contributed by atoms with Crippen molar-refractivity contribution in [2.24, 2.45) is 0 Å². The fourth-order valence-electron chi connectivity index (χ4n) is 3.84. The van der Waals surface area contributed by atoms with Crippen LogP contribution in [0.3, 0.4) is 0 Å². The van der Waals surface area contributed by atoms with Crippen LogP contribution in [0.5, 0.6) is 0 Å². The van der Waals surface area contributed by atoms with Crippen molar-refractivity contribution in [2.45, 2.75) is 65.2 Å². The molecule has 1 aliphatic carbocycles. The average molecular weight is 346 g/mol. The Morgan fingerprint density at radius 3 is 2.58 bits per heavy atom. The minimum Gasteiger partial charge on any atom is -0.315 e. The molecule has 24 heavy (non-hydrogen) atoms. The molecular formula is C19H29N4S+. The van der Waals surface area contributed by atoms with E-state index in [-0.39, 0.29) is 0 Å². The highest BCUT2D eigenvalue weighted by Gasteiger charge is 2.20. The van der Waals surface area contributed by atoms with Gasteiger partial charge in [-0.3, -0.25) is 0 Å². The Balaban J connectivity index is 1.73. The second kappa shape index (κ2) is 7.62. The predicted octanol–water partition coefficient (Wildman–Crippen LogP) is 3.21. The molecular weight excluding hydrogens is 316 g/mol. The van der Waals surface area contributed by atoms with Crippen LogP contribution in [0.1, 0.15) is 55.1 Å². The lowest BCUT2D eigenvalue weighted by Gasteiger charge is -2.23. The zero-order chi connectivity index (χ0) is 17.1. The molecule has 1 N–H and O–H groups in total. The van der Waals surface area contributed by atoms with E-state index in [0.717, 1.165) is 23.8 Å². The van der Waals surface area contributed by atoms with Crippen LogP contribution in [0.4, 0.5) is 0 Å². The summed E-state index contributed by atoms with van der Waals surface area (Å²) >= 11 is 5.75. The second-order valence-corrected chi connectivity index (χ2v) is 7.57. The molecule has 0 bridgehead atoms. The summed E-state index contributed by atoms with van der Waals surface area (Å²) in [5, 5.41) is 4.74. The van der Waals surface area contributed by atoms with E-state index in [4.69, 9.17) is 17.3 Å². The third-order valence-electron chi connectivity index (χ3n) is 5.15. The Labute approximate surface area is 150 Å². The predicted molar refractivity (Wildman–Crippen MR) is 99.7 cm³/mol. The SMILES string of the molecule is Cc1ccccc1C[NH+](C)Cn1nc(C)n(C2CCCCC2)c1=S. The molecule has 1 aliphatic rings. The van der Waals surface area contributed by atoms with E-state index in [0.29, 0.717) is 6.04 Å². The molecule has 0 radical (unpaired) electrons. The van der Waals surface area contributed by atoms with Crippen molar-refractivity contribution in [2.75, 3.05) is 7.05 Å². The number of rotatable bonds is 5. The minimum atomic E-state index is 0.552. The molecule has 0 saturated heterocycles. The summed E-state index contributed by atoms with van der Waals surface area (Å²) < 4.78 is 5.21. The molecule has 1 atom stereocenters. The summed E-state index contributed by atoms with van der Waals surface area (Å²) in [4.78, 5) is 1.40. The average Bonchev–Trinajstić information content (AvgIpc) is 2.84. The van der Waals surface area contributed by atoms with E-state index in [1.807, 2.05) is 4.68 Å². The first-order valence-corrected chi connectivity index (χ1v) is 9.49. The van der Waals surface area contributed by atoms with Gasteiger partial charge in [0.25, 0.3) is 0 Å². The van der Waals surface area contributed by atoms with Crippen molar-refractivity contribution < 1.29 is 4.90 Å². The molecule has 1 fully saturated rings. The molecule has 0 amide bonds. The lowest BCUT2D eigenvalue weighted by Crippen LogP contribution is -3.07. The Hall–Kier alpha value is -1.46. The summed E-state index contributed by atoms with van der Waals surface area (Å²) in [6, 6.07) is 9.15. The van der Waals surface area contributed by atoms with E-state index >= 15 is 0 Å². The van der Waals surface area contributed by atoms with Crippen molar-refractivity contribution in [3.05, 3.63) is 46.0 Å². The summed E-state index contributed by atoms with van der Waals surface area (Å²) in [6.45, 7) is 6.07. The third kappa shape index (κ3) is 3.78. The first kappa shape index (κ1) is 17.4. The number of benzene rings is 1. The number of hydrogen-bond donors (Lipinski definition) is 1. The van der Waals surface area contributed by atoms with Crippen LogP contribution in [0, 0.1) is 18.6 Å². The van der Waals surface area contributed by atoms with Crippen molar-refractivity contribution in [1.29, 1.82) is 0 Å². The van der Waals surface area contributed by atoms with Gasteiger partial charge in [-0.05, 0) is 44.5 Å². The summed E-state index contributed by atoms with van der Waals surface area (Å²) in [6.07, 6.45) is 6.48. The van der Waals surface area contributed by atoms with Gasteiger partial charge in [0, 0.05) is 11.6 Å². The fourth-order valence-corrected chi connectivity index (χ4v) is 4.22. The van der Waals surface area contributed by atoms with Gasteiger partial charge in [0.15, 0.2) is 6.67 Å². The largest absolute Gasteiger partial charge is 0.315 e. The zero-order valence-corrected chi connectivity index (χ0v) is 15.9. The van der Waals surface area contributed by atoms with E-state index in [2.05, 4.69) is 49.7 Å². The van der Waals surface area contributed by atoms with Crippen LogP contribution in [0.15, 0.2) is 24.3 Å². The molecule has 1 aromatic heterocycles. The van der Waals surface area contributed by atoms with Crippen molar-refractivity contribution >= 4 is 12.2 Å². The standard InChI is InChI=1S/C19H28N4S/c1-15-9-7-8-10-17(15)13-21(3)14-22-19(24)23(16(2)20-22)18-11-5-4-6-12-18/h7-10,18H,4-6,11-14H2,1-3H3/p+1. The topological polar surface area (TPSA) is 27.2 Å². The maximum Gasteiger partial charge on any atom is 0.203 e. The zero-order valence-electron chi connectivity index (χ0n) is 15.1. The fraction of sp³-hybridized carbons (Fsp3) is 0.579. The number of quaternary nitrogens is 1. The molecule has 5 heteroatoms. The number of nitrogens with zero attached hydrogens (tertiary/aromatic N) is 3. The van der Waals surface area contributed by atoms with E-state index in [1.54, 1.807) is 0 Å². The minimum absolute atomic E-state index is 0.552. The highest BCUT2D eigenvalue weighted by molar-refractivity contribution is 7.71. The molecule has 0 spiro atoms. The van der Waals surface area contributed by atoms with E-state index in [1.165, 1.54) is 48.1 Å². The second-order valence-electron chi connectivity index (χ2n) is 7.21. The van der Waals surface area contributed by atoms with Crippen molar-refractivity contribution in [1.82, 2.24) is 14.3 Å². The molecule has 1 aromatic carbocycles. The monoisotopic (exact) mass is 345 g/mol. The van der Waals surface area contributed by atoms with Crippen LogP contribution in [0.25, 0.3) is 0 Å². The quantitative estimate of drug-likeness (QED) is 0.843. The van der Waals surface area contributed by atoms with Gasteiger partial charge in [-0.15, -0.1) is 0 Å². The molecule has 0 aliphatic heterocycles. The van der Waals surface area contributed by atoms with Crippen molar-refractivity contribution in [3.8, 4) is 0 Å². The molecule has 4 nitrogen and oxygen atoms in total. The van der Waals surface area contributed by atoms with Gasteiger partial charge in [0.05, 0.1) is 7.05 Å². The highest BCUT2D eigenvalue weighted by atomic mass is 32.1. The summed E-state index contributed by atoms with van der Waals surface area (Å²) in [7, 11) is 2.21. The van der Waals surface area contributed by atoms with Crippen LogP contribution >= 0.6 is 12.2 Å². The van der Waals surface area contributed by atoms with E-state index in [9.17, 15) is 0 Å².